The third-order valence-electron chi connectivity index (χ3n) is 1.08. The van der Waals surface area contributed by atoms with Crippen molar-refractivity contribution in [3.63, 3.8) is 0 Å². The van der Waals surface area contributed by atoms with Gasteiger partial charge in [0.2, 0.25) is 5.88 Å². The lowest BCUT2D eigenvalue weighted by molar-refractivity contribution is -0.535. The van der Waals surface area contributed by atoms with Gasteiger partial charge in [0.25, 0.3) is 0 Å². The zero-order valence-corrected chi connectivity index (χ0v) is 6.15. The molecule has 1 aromatic heterocycles. The average Bonchev–Trinajstić information content (AvgIpc) is 2.06. The van der Waals surface area contributed by atoms with E-state index in [1.54, 1.807) is 31.4 Å². The predicted octanol–water partition coefficient (Wildman–Crippen LogP) is -0.226. The SMILES string of the molecule is C[NH2+]C(=O)Oc1ccccn1. The summed E-state index contributed by atoms with van der Waals surface area (Å²) in [6.45, 7) is 0. The molecule has 0 saturated carbocycles. The lowest BCUT2D eigenvalue weighted by Crippen LogP contribution is -2.84. The number of aromatic nitrogens is 1. The zero-order chi connectivity index (χ0) is 8.10. The van der Waals surface area contributed by atoms with Crippen LogP contribution in [-0.2, 0) is 0 Å². The monoisotopic (exact) mass is 153 g/mol. The van der Waals surface area contributed by atoms with Crippen LogP contribution in [-0.4, -0.2) is 18.1 Å². The number of carbonyl (C=O) groups is 1. The number of nitrogens with two attached hydrogens (primary N) is 1. The Hall–Kier alpha value is -1.42. The van der Waals surface area contributed by atoms with Gasteiger partial charge >= 0.3 is 6.09 Å². The molecule has 0 saturated heterocycles. The molecule has 1 rings (SSSR count). The highest BCUT2D eigenvalue weighted by Crippen LogP contribution is 2.01. The summed E-state index contributed by atoms with van der Waals surface area (Å²) >= 11 is 0. The first-order valence-electron chi connectivity index (χ1n) is 3.25. The Labute approximate surface area is 64.2 Å². The molecule has 11 heavy (non-hydrogen) atoms. The number of primary amides is 1. The molecular formula is C7H9N2O2+. The minimum Gasteiger partial charge on any atom is -0.362 e. The van der Waals surface area contributed by atoms with Gasteiger partial charge in [0.05, 0.1) is 7.05 Å². The molecule has 1 heterocycles. The number of amides is 1. The van der Waals surface area contributed by atoms with Crippen molar-refractivity contribution in [1.82, 2.24) is 4.98 Å². The first-order chi connectivity index (χ1) is 5.33. The first kappa shape index (κ1) is 7.68. The van der Waals surface area contributed by atoms with Gasteiger partial charge in [-0.25, -0.2) is 10.3 Å². The quantitative estimate of drug-likeness (QED) is 0.606. The summed E-state index contributed by atoms with van der Waals surface area (Å²) in [6, 6.07) is 5.14. The van der Waals surface area contributed by atoms with Crippen LogP contribution in [0.4, 0.5) is 4.79 Å². The topological polar surface area (TPSA) is 55.8 Å². The Morgan fingerprint density at radius 2 is 2.45 bits per heavy atom. The summed E-state index contributed by atoms with van der Waals surface area (Å²) in [5.74, 6) is 0.329. The van der Waals surface area contributed by atoms with Crippen molar-refractivity contribution in [2.75, 3.05) is 7.05 Å². The highest BCUT2D eigenvalue weighted by atomic mass is 16.6. The highest BCUT2D eigenvalue weighted by Gasteiger charge is 2.04. The largest absolute Gasteiger partial charge is 0.519 e. The third-order valence-corrected chi connectivity index (χ3v) is 1.08. The minimum absolute atomic E-state index is 0.329. The van der Waals surface area contributed by atoms with Gasteiger partial charge in [-0.15, -0.1) is 0 Å². The summed E-state index contributed by atoms with van der Waals surface area (Å²) in [6.07, 6.45) is 1.18. The fourth-order valence-electron chi connectivity index (χ4n) is 0.569. The van der Waals surface area contributed by atoms with E-state index in [0.29, 0.717) is 5.88 Å². The molecule has 58 valence electrons. The molecule has 1 amide bonds. The highest BCUT2D eigenvalue weighted by molar-refractivity contribution is 5.58. The van der Waals surface area contributed by atoms with Gasteiger partial charge in [-0.2, -0.15) is 4.79 Å². The van der Waals surface area contributed by atoms with Crippen LogP contribution in [0, 0.1) is 0 Å². The average molecular weight is 153 g/mol. The van der Waals surface area contributed by atoms with Gasteiger partial charge in [-0.3, -0.25) is 0 Å². The van der Waals surface area contributed by atoms with E-state index < -0.39 is 0 Å². The van der Waals surface area contributed by atoms with Crippen molar-refractivity contribution in [3.8, 4) is 5.88 Å². The molecule has 0 bridgehead atoms. The number of rotatable bonds is 1. The molecule has 4 nitrogen and oxygen atoms in total. The number of quaternary nitrogens is 1. The maximum atomic E-state index is 10.7. The Kier molecular flexibility index (Phi) is 2.57. The fourth-order valence-corrected chi connectivity index (χ4v) is 0.569. The van der Waals surface area contributed by atoms with E-state index in [-0.39, 0.29) is 6.09 Å². The van der Waals surface area contributed by atoms with Crippen molar-refractivity contribution in [1.29, 1.82) is 0 Å². The van der Waals surface area contributed by atoms with Crippen LogP contribution in [0.3, 0.4) is 0 Å². The lowest BCUT2D eigenvalue weighted by atomic mass is 10.5. The third kappa shape index (κ3) is 2.35. The zero-order valence-electron chi connectivity index (χ0n) is 6.15. The van der Waals surface area contributed by atoms with E-state index in [4.69, 9.17) is 4.74 Å². The van der Waals surface area contributed by atoms with Gasteiger partial charge in [-0.05, 0) is 6.07 Å². The van der Waals surface area contributed by atoms with Crippen LogP contribution in [0.1, 0.15) is 0 Å². The van der Waals surface area contributed by atoms with Gasteiger partial charge in [-0.1, -0.05) is 6.07 Å². The van der Waals surface area contributed by atoms with Crippen LogP contribution >= 0.6 is 0 Å². The second-order valence-electron chi connectivity index (χ2n) is 1.88. The minimum atomic E-state index is -0.385. The first-order valence-corrected chi connectivity index (χ1v) is 3.25. The van der Waals surface area contributed by atoms with Crippen molar-refractivity contribution in [2.45, 2.75) is 0 Å². The van der Waals surface area contributed by atoms with E-state index in [9.17, 15) is 4.79 Å². The van der Waals surface area contributed by atoms with Crippen molar-refractivity contribution < 1.29 is 14.8 Å². The molecule has 0 spiro atoms. The van der Waals surface area contributed by atoms with Gasteiger partial charge in [0, 0.05) is 12.3 Å². The van der Waals surface area contributed by atoms with Crippen molar-refractivity contribution in [2.24, 2.45) is 0 Å². The molecule has 2 N–H and O–H groups in total. The second-order valence-corrected chi connectivity index (χ2v) is 1.88. The number of nitrogens with zero attached hydrogens (tertiary/aromatic N) is 1. The van der Waals surface area contributed by atoms with Crippen molar-refractivity contribution >= 4 is 6.09 Å². The summed E-state index contributed by atoms with van der Waals surface area (Å²) in [4.78, 5) is 14.5. The molecule has 0 aliphatic heterocycles. The number of hydrogen-bond acceptors (Lipinski definition) is 3. The molecule has 0 fully saturated rings. The van der Waals surface area contributed by atoms with Crippen LogP contribution in [0.5, 0.6) is 5.88 Å². The molecule has 4 heteroatoms. The molecule has 1 aromatic rings. The molecular weight excluding hydrogens is 144 g/mol. The Balaban J connectivity index is 2.58. The second kappa shape index (κ2) is 3.68. The fraction of sp³-hybridized carbons (Fsp3) is 0.143. The Morgan fingerprint density at radius 1 is 1.64 bits per heavy atom. The van der Waals surface area contributed by atoms with Crippen LogP contribution < -0.4 is 10.1 Å². The molecule has 0 aliphatic rings. The van der Waals surface area contributed by atoms with E-state index in [0.717, 1.165) is 0 Å². The lowest BCUT2D eigenvalue weighted by Gasteiger charge is -1.95. The number of carbonyl (C=O) groups excluding carboxylic acids is 1. The molecule has 0 aliphatic carbocycles. The molecule has 0 atom stereocenters. The van der Waals surface area contributed by atoms with Crippen LogP contribution in [0.2, 0.25) is 0 Å². The maximum Gasteiger partial charge on any atom is 0.519 e. The standard InChI is InChI=1S/C7H8N2O2/c1-8-7(10)11-6-4-2-3-5-9-6/h2-5H,1H3,(H,8,10)/p+1. The Morgan fingerprint density at radius 3 is 3.00 bits per heavy atom. The summed E-state index contributed by atoms with van der Waals surface area (Å²) in [5.41, 5.74) is 0. The predicted molar refractivity (Wildman–Crippen MR) is 38.1 cm³/mol. The van der Waals surface area contributed by atoms with Crippen LogP contribution in [0.25, 0.3) is 0 Å². The molecule has 0 aromatic carbocycles. The smallest absolute Gasteiger partial charge is 0.362 e. The van der Waals surface area contributed by atoms with Gasteiger partial charge in [0.1, 0.15) is 0 Å². The normalized spacial score (nSPS) is 9.18. The number of hydrogen-bond donors (Lipinski definition) is 1. The maximum absolute atomic E-state index is 10.7. The number of ether oxygens (including phenoxy) is 1. The number of pyridine rings is 1. The van der Waals surface area contributed by atoms with Gasteiger partial charge < -0.3 is 4.74 Å². The Bertz CT molecular complexity index is 235. The van der Waals surface area contributed by atoms with Gasteiger partial charge in [0.15, 0.2) is 0 Å². The van der Waals surface area contributed by atoms with E-state index in [1.165, 1.54) is 5.32 Å². The summed E-state index contributed by atoms with van der Waals surface area (Å²) in [5, 5.41) is 1.34. The molecule has 0 unspecified atom stereocenters. The van der Waals surface area contributed by atoms with E-state index in [2.05, 4.69) is 4.98 Å². The molecule has 0 radical (unpaired) electrons. The van der Waals surface area contributed by atoms with E-state index >= 15 is 0 Å². The summed E-state index contributed by atoms with van der Waals surface area (Å²) < 4.78 is 4.76. The van der Waals surface area contributed by atoms with Crippen molar-refractivity contribution in [3.05, 3.63) is 24.4 Å². The van der Waals surface area contributed by atoms with E-state index in [1.807, 2.05) is 0 Å². The van der Waals surface area contributed by atoms with Crippen LogP contribution in [0.15, 0.2) is 24.4 Å². The summed E-state index contributed by atoms with van der Waals surface area (Å²) in [7, 11) is 1.62.